The van der Waals surface area contributed by atoms with Crippen LogP contribution in [0.25, 0.3) is 0 Å². The first-order valence-corrected chi connectivity index (χ1v) is 13.5. The maximum atomic E-state index is 4.09. The molecule has 0 spiro atoms. The first-order valence-electron chi connectivity index (χ1n) is 10.8. The largest absolute Gasteiger partial charge is 0.365 e. The summed E-state index contributed by atoms with van der Waals surface area (Å²) in [5, 5.41) is 5.61. The summed E-state index contributed by atoms with van der Waals surface area (Å²) in [7, 11) is -1.50. The summed E-state index contributed by atoms with van der Waals surface area (Å²) in [5.74, 6) is 1.03. The first kappa shape index (κ1) is 21.5. The zero-order chi connectivity index (χ0) is 21.1. The normalized spacial score (nSPS) is 20.5. The number of para-hydroxylation sites is 1. The topological polar surface area (TPSA) is 12.0 Å². The lowest BCUT2D eigenvalue weighted by atomic mass is 9.83. The molecule has 0 amide bonds. The minimum Gasteiger partial charge on any atom is -0.365 e. The van der Waals surface area contributed by atoms with Crippen LogP contribution >= 0.6 is 7.04 Å². The van der Waals surface area contributed by atoms with Crippen LogP contribution in [0.1, 0.15) is 84.8 Å². The quantitative estimate of drug-likeness (QED) is 0.507. The Labute approximate surface area is 173 Å². The second kappa shape index (κ2) is 6.94. The number of fused-ring (bicyclic) bond motifs is 1. The van der Waals surface area contributed by atoms with Gasteiger partial charge in [-0.15, -0.1) is 0 Å². The summed E-state index contributed by atoms with van der Waals surface area (Å²) in [6, 6.07) is 6.83. The van der Waals surface area contributed by atoms with Gasteiger partial charge < -0.3 is 5.09 Å². The summed E-state index contributed by atoms with van der Waals surface area (Å²) in [6.07, 6.45) is 6.29. The van der Waals surface area contributed by atoms with Crippen molar-refractivity contribution >= 4 is 18.0 Å². The molecule has 0 unspecified atom stereocenters. The van der Waals surface area contributed by atoms with Crippen molar-refractivity contribution < 1.29 is 0 Å². The molecule has 1 aromatic carbocycles. The molecule has 0 saturated heterocycles. The van der Waals surface area contributed by atoms with Gasteiger partial charge in [-0.1, -0.05) is 73.6 Å². The maximum Gasteiger partial charge on any atom is 0.0442 e. The lowest BCUT2D eigenvalue weighted by molar-refractivity contribution is 0.338. The zero-order valence-electron chi connectivity index (χ0n) is 19.7. The van der Waals surface area contributed by atoms with Crippen LogP contribution in [0.15, 0.2) is 41.5 Å². The number of rotatable bonds is 4. The smallest absolute Gasteiger partial charge is 0.0442 e. The molecule has 28 heavy (non-hydrogen) atoms. The fourth-order valence-electron chi connectivity index (χ4n) is 5.26. The summed E-state index contributed by atoms with van der Waals surface area (Å²) in [4.78, 5) is 0. The highest BCUT2D eigenvalue weighted by Gasteiger charge is 2.46. The molecule has 1 N–H and O–H groups in total. The van der Waals surface area contributed by atoms with Crippen LogP contribution in [-0.2, 0) is 0 Å². The van der Waals surface area contributed by atoms with Crippen molar-refractivity contribution in [1.29, 1.82) is 0 Å². The number of allylic oxidation sites excluding steroid dienone is 4. The molecule has 1 nitrogen and oxygen atoms in total. The van der Waals surface area contributed by atoms with E-state index in [1.165, 1.54) is 28.5 Å². The lowest BCUT2D eigenvalue weighted by Crippen LogP contribution is -2.13. The minimum absolute atomic E-state index is 0.274. The third-order valence-electron chi connectivity index (χ3n) is 6.63. The highest BCUT2D eigenvalue weighted by Crippen LogP contribution is 2.59. The Kier molecular flexibility index (Phi) is 5.33. The third kappa shape index (κ3) is 3.68. The molecule has 2 aliphatic carbocycles. The van der Waals surface area contributed by atoms with Gasteiger partial charge in [0.15, 0.2) is 0 Å². The molecule has 3 rings (SSSR count). The third-order valence-corrected chi connectivity index (χ3v) is 8.96. The van der Waals surface area contributed by atoms with Crippen molar-refractivity contribution in [3.05, 3.63) is 52.6 Å². The van der Waals surface area contributed by atoms with Gasteiger partial charge in [0.25, 0.3) is 0 Å². The molecule has 2 aliphatic rings. The Bertz CT molecular complexity index is 842. The molecule has 0 atom stereocenters. The van der Waals surface area contributed by atoms with Crippen LogP contribution in [0.5, 0.6) is 0 Å². The molecule has 154 valence electrons. The Morgan fingerprint density at radius 1 is 0.821 bits per heavy atom. The van der Waals surface area contributed by atoms with Gasteiger partial charge in [-0.05, 0) is 89.2 Å². The van der Waals surface area contributed by atoms with Crippen molar-refractivity contribution in [3.63, 3.8) is 0 Å². The average molecular weight is 398 g/mol. The van der Waals surface area contributed by atoms with E-state index in [1.54, 1.807) is 11.1 Å². The summed E-state index contributed by atoms with van der Waals surface area (Å²) >= 11 is 0. The van der Waals surface area contributed by atoms with E-state index in [0.717, 1.165) is 0 Å². The van der Waals surface area contributed by atoms with Gasteiger partial charge in [0, 0.05) is 5.69 Å². The van der Waals surface area contributed by atoms with Gasteiger partial charge in [0.2, 0.25) is 0 Å². The van der Waals surface area contributed by atoms with E-state index >= 15 is 0 Å². The van der Waals surface area contributed by atoms with Gasteiger partial charge in [-0.3, -0.25) is 0 Å². The van der Waals surface area contributed by atoms with Crippen molar-refractivity contribution in [1.82, 2.24) is 0 Å². The summed E-state index contributed by atoms with van der Waals surface area (Å²) in [5.41, 5.74) is 7.96. The first-order chi connectivity index (χ1) is 12.8. The molecule has 0 aliphatic heterocycles. The molecule has 0 heterocycles. The SMILES string of the molecule is CC(C)c1cccc(C(C)C)c1NP(C)(C)=C1C=C2C(=C1)C(C)(C)CC2(C)C. The van der Waals surface area contributed by atoms with Gasteiger partial charge in [0.1, 0.15) is 0 Å². The number of nitrogens with one attached hydrogen (secondary N) is 1. The van der Waals surface area contributed by atoms with E-state index in [-0.39, 0.29) is 10.8 Å². The van der Waals surface area contributed by atoms with Crippen molar-refractivity contribution in [2.24, 2.45) is 10.8 Å². The second-order valence-corrected chi connectivity index (χ2v) is 14.8. The minimum atomic E-state index is -1.50. The number of benzene rings is 1. The van der Waals surface area contributed by atoms with E-state index in [1.807, 2.05) is 0 Å². The fraction of sp³-hybridized carbons (Fsp3) is 0.577. The predicted molar refractivity (Wildman–Crippen MR) is 130 cm³/mol. The van der Waals surface area contributed by atoms with Crippen LogP contribution in [-0.4, -0.2) is 18.6 Å². The van der Waals surface area contributed by atoms with Crippen LogP contribution < -0.4 is 5.09 Å². The van der Waals surface area contributed by atoms with Gasteiger partial charge >= 0.3 is 0 Å². The molecular formula is C26H40NP. The number of anilines is 1. The van der Waals surface area contributed by atoms with Gasteiger partial charge in [-0.2, -0.15) is 0 Å². The van der Waals surface area contributed by atoms with Gasteiger partial charge in [-0.25, -0.2) is 0 Å². The van der Waals surface area contributed by atoms with E-state index in [4.69, 9.17) is 0 Å². The predicted octanol–water partition coefficient (Wildman–Crippen LogP) is 8.03. The summed E-state index contributed by atoms with van der Waals surface area (Å²) < 4.78 is 0. The maximum absolute atomic E-state index is 4.09. The van der Waals surface area contributed by atoms with Crippen molar-refractivity contribution in [3.8, 4) is 0 Å². The molecule has 1 aromatic rings. The Hall–Kier alpha value is -1.20. The summed E-state index contributed by atoms with van der Waals surface area (Å²) in [6.45, 7) is 23.7. The molecule has 0 aromatic heterocycles. The van der Waals surface area contributed by atoms with Crippen molar-refractivity contribution in [2.45, 2.75) is 73.6 Å². The molecule has 1 saturated carbocycles. The fourth-order valence-corrected chi connectivity index (χ4v) is 7.11. The highest BCUT2D eigenvalue weighted by molar-refractivity contribution is 7.77. The molecule has 0 bridgehead atoms. The van der Waals surface area contributed by atoms with Crippen LogP contribution in [0.4, 0.5) is 5.69 Å². The Balaban J connectivity index is 2.14. The van der Waals surface area contributed by atoms with Crippen LogP contribution in [0, 0.1) is 10.8 Å². The van der Waals surface area contributed by atoms with Crippen LogP contribution in [0.3, 0.4) is 0 Å². The van der Waals surface area contributed by atoms with E-state index in [9.17, 15) is 0 Å². The zero-order valence-corrected chi connectivity index (χ0v) is 20.6. The Morgan fingerprint density at radius 3 is 1.64 bits per heavy atom. The van der Waals surface area contributed by atoms with Gasteiger partial charge in [0.05, 0.1) is 0 Å². The standard InChI is InChI=1S/C26H40NP/c1-17(2)20-12-11-13-21(18(3)4)24(20)27-28(9,10)19-14-22-23(15-19)26(7,8)16-25(22,5)6/h11-15,17-18,27H,16H2,1-10H3. The van der Waals surface area contributed by atoms with E-state index in [0.29, 0.717) is 11.8 Å². The molecule has 2 heteroatoms. The molecular weight excluding hydrogens is 357 g/mol. The van der Waals surface area contributed by atoms with Crippen molar-refractivity contribution in [2.75, 3.05) is 18.4 Å². The molecule has 1 fully saturated rings. The molecule has 0 radical (unpaired) electrons. The highest BCUT2D eigenvalue weighted by atomic mass is 31.2. The average Bonchev–Trinajstić information content (AvgIpc) is 3.07. The Morgan fingerprint density at radius 2 is 1.25 bits per heavy atom. The lowest BCUT2D eigenvalue weighted by Gasteiger charge is -2.29. The van der Waals surface area contributed by atoms with E-state index in [2.05, 4.69) is 104 Å². The second-order valence-electron chi connectivity index (χ2n) is 11.2. The monoisotopic (exact) mass is 397 g/mol. The van der Waals surface area contributed by atoms with Crippen LogP contribution in [0.2, 0.25) is 0 Å². The number of hydrogen-bond donors (Lipinski definition) is 1. The number of hydrogen-bond acceptors (Lipinski definition) is 1. The van der Waals surface area contributed by atoms with E-state index < -0.39 is 7.04 Å².